The molecule has 0 saturated heterocycles. The van der Waals surface area contributed by atoms with E-state index >= 15 is 0 Å². The molecule has 0 radical (unpaired) electrons. The number of aryl methyl sites for hydroxylation is 1. The van der Waals surface area contributed by atoms with Crippen LogP contribution >= 0.6 is 0 Å². The van der Waals surface area contributed by atoms with Gasteiger partial charge in [0.15, 0.2) is 0 Å². The van der Waals surface area contributed by atoms with E-state index in [1.165, 1.54) is 0 Å². The summed E-state index contributed by atoms with van der Waals surface area (Å²) in [5.74, 6) is 8.04. The van der Waals surface area contributed by atoms with Crippen LogP contribution < -0.4 is 16.6 Å². The lowest BCUT2D eigenvalue weighted by molar-refractivity contribution is 0.126. The van der Waals surface area contributed by atoms with Crippen LogP contribution in [0.15, 0.2) is 0 Å². The van der Waals surface area contributed by atoms with E-state index in [4.69, 9.17) is 10.6 Å². The average molecular weight is 267 g/mol. The smallest absolute Gasteiger partial charge is 0.148 e. The molecule has 1 heterocycles. The van der Waals surface area contributed by atoms with Crippen LogP contribution in [0.4, 0.5) is 11.6 Å². The van der Waals surface area contributed by atoms with Crippen molar-refractivity contribution in [3.8, 4) is 0 Å². The first-order chi connectivity index (χ1) is 8.99. The number of rotatable bonds is 7. The first kappa shape index (κ1) is 15.7. The van der Waals surface area contributed by atoms with Crippen molar-refractivity contribution < 1.29 is 4.74 Å². The van der Waals surface area contributed by atoms with E-state index < -0.39 is 0 Å². The number of hydrazine groups is 1. The second-order valence-corrected chi connectivity index (χ2v) is 4.89. The quantitative estimate of drug-likeness (QED) is 0.516. The lowest BCUT2D eigenvalue weighted by atomic mass is 10.1. The van der Waals surface area contributed by atoms with Gasteiger partial charge >= 0.3 is 0 Å². The lowest BCUT2D eigenvalue weighted by Gasteiger charge is -2.24. The van der Waals surface area contributed by atoms with E-state index in [0.29, 0.717) is 30.8 Å². The highest BCUT2D eigenvalue weighted by Crippen LogP contribution is 2.21. The van der Waals surface area contributed by atoms with Gasteiger partial charge in [0.25, 0.3) is 0 Å². The molecule has 0 fully saturated rings. The SMILES string of the molecule is CCOCC(Nc1nc(C)nc(NN)c1C)C(C)C. The molecule has 4 N–H and O–H groups in total. The van der Waals surface area contributed by atoms with Gasteiger partial charge in [0.05, 0.1) is 12.6 Å². The molecule has 1 rings (SSSR count). The van der Waals surface area contributed by atoms with Crippen molar-refractivity contribution in [3.63, 3.8) is 0 Å². The Hall–Kier alpha value is -1.40. The van der Waals surface area contributed by atoms with Gasteiger partial charge in [0.2, 0.25) is 0 Å². The third kappa shape index (κ3) is 4.33. The number of nitrogens with zero attached hydrogens (tertiary/aromatic N) is 2. The minimum Gasteiger partial charge on any atom is -0.380 e. The van der Waals surface area contributed by atoms with Crippen LogP contribution in [-0.4, -0.2) is 29.2 Å². The summed E-state index contributed by atoms with van der Waals surface area (Å²) < 4.78 is 5.51. The summed E-state index contributed by atoms with van der Waals surface area (Å²) in [5.41, 5.74) is 3.51. The van der Waals surface area contributed by atoms with Gasteiger partial charge in [-0.15, -0.1) is 0 Å². The summed E-state index contributed by atoms with van der Waals surface area (Å²) in [6.07, 6.45) is 0. The highest BCUT2D eigenvalue weighted by atomic mass is 16.5. The molecule has 0 spiro atoms. The topological polar surface area (TPSA) is 85.1 Å². The van der Waals surface area contributed by atoms with Gasteiger partial charge in [-0.3, -0.25) is 0 Å². The molecular formula is C13H25N5O. The molecule has 0 aliphatic rings. The van der Waals surface area contributed by atoms with Gasteiger partial charge in [-0.1, -0.05) is 13.8 Å². The monoisotopic (exact) mass is 267 g/mol. The Morgan fingerprint density at radius 3 is 2.37 bits per heavy atom. The van der Waals surface area contributed by atoms with Crippen LogP contribution in [0.25, 0.3) is 0 Å². The minimum atomic E-state index is 0.207. The first-order valence-corrected chi connectivity index (χ1v) is 6.65. The molecule has 6 nitrogen and oxygen atoms in total. The zero-order valence-electron chi connectivity index (χ0n) is 12.4. The van der Waals surface area contributed by atoms with Gasteiger partial charge < -0.3 is 15.5 Å². The second-order valence-electron chi connectivity index (χ2n) is 4.89. The molecule has 0 aromatic carbocycles. The van der Waals surface area contributed by atoms with E-state index in [9.17, 15) is 0 Å². The highest BCUT2D eigenvalue weighted by Gasteiger charge is 2.17. The minimum absolute atomic E-state index is 0.207. The van der Waals surface area contributed by atoms with Crippen molar-refractivity contribution in [2.75, 3.05) is 24.0 Å². The fourth-order valence-corrected chi connectivity index (χ4v) is 1.73. The summed E-state index contributed by atoms with van der Waals surface area (Å²) in [5, 5.41) is 3.43. The lowest BCUT2D eigenvalue weighted by Crippen LogP contribution is -2.32. The van der Waals surface area contributed by atoms with Crippen LogP contribution in [0.3, 0.4) is 0 Å². The molecule has 1 atom stereocenters. The van der Waals surface area contributed by atoms with Crippen LogP contribution in [0, 0.1) is 19.8 Å². The van der Waals surface area contributed by atoms with E-state index in [1.807, 2.05) is 20.8 Å². The van der Waals surface area contributed by atoms with Crippen molar-refractivity contribution in [2.24, 2.45) is 11.8 Å². The number of aromatic nitrogens is 2. The number of ether oxygens (including phenoxy) is 1. The zero-order chi connectivity index (χ0) is 14.4. The van der Waals surface area contributed by atoms with E-state index in [-0.39, 0.29) is 6.04 Å². The molecule has 0 amide bonds. The third-order valence-electron chi connectivity index (χ3n) is 3.02. The van der Waals surface area contributed by atoms with Gasteiger partial charge in [-0.25, -0.2) is 15.8 Å². The number of nitrogen functional groups attached to an aromatic ring is 1. The second kappa shape index (κ2) is 7.25. The number of hydrogen-bond donors (Lipinski definition) is 3. The fraction of sp³-hybridized carbons (Fsp3) is 0.692. The van der Waals surface area contributed by atoms with Crippen LogP contribution in [0.1, 0.15) is 32.2 Å². The third-order valence-corrected chi connectivity index (χ3v) is 3.02. The summed E-state index contributed by atoms with van der Waals surface area (Å²) in [6, 6.07) is 0.207. The summed E-state index contributed by atoms with van der Waals surface area (Å²) in [7, 11) is 0. The van der Waals surface area contributed by atoms with Gasteiger partial charge in [-0.2, -0.15) is 0 Å². The van der Waals surface area contributed by atoms with E-state index in [0.717, 1.165) is 11.4 Å². The maximum Gasteiger partial charge on any atom is 0.148 e. The summed E-state index contributed by atoms with van der Waals surface area (Å²) in [6.45, 7) is 11.5. The molecule has 1 unspecified atom stereocenters. The van der Waals surface area contributed by atoms with Crippen molar-refractivity contribution in [1.29, 1.82) is 0 Å². The molecular weight excluding hydrogens is 242 g/mol. The molecule has 1 aromatic heterocycles. The van der Waals surface area contributed by atoms with Crippen LogP contribution in [0.2, 0.25) is 0 Å². The Morgan fingerprint density at radius 2 is 1.84 bits per heavy atom. The average Bonchev–Trinajstić information content (AvgIpc) is 2.37. The van der Waals surface area contributed by atoms with Crippen LogP contribution in [0.5, 0.6) is 0 Å². The molecule has 0 bridgehead atoms. The molecule has 1 aromatic rings. The van der Waals surface area contributed by atoms with Crippen molar-refractivity contribution in [3.05, 3.63) is 11.4 Å². The maximum absolute atomic E-state index is 5.51. The number of anilines is 2. The molecule has 19 heavy (non-hydrogen) atoms. The van der Waals surface area contributed by atoms with Gasteiger partial charge in [-0.05, 0) is 26.7 Å². The summed E-state index contributed by atoms with van der Waals surface area (Å²) in [4.78, 5) is 8.69. The van der Waals surface area contributed by atoms with E-state index in [1.54, 1.807) is 0 Å². The van der Waals surface area contributed by atoms with E-state index in [2.05, 4.69) is 34.6 Å². The molecule has 108 valence electrons. The predicted octanol–water partition coefficient (Wildman–Crippen LogP) is 1.85. The van der Waals surface area contributed by atoms with Gasteiger partial charge in [0, 0.05) is 12.2 Å². The van der Waals surface area contributed by atoms with Crippen molar-refractivity contribution in [1.82, 2.24) is 9.97 Å². The molecule has 0 saturated carbocycles. The molecule has 0 aliphatic carbocycles. The predicted molar refractivity (Wildman–Crippen MR) is 78.1 cm³/mol. The largest absolute Gasteiger partial charge is 0.380 e. The number of nitrogens with two attached hydrogens (primary N) is 1. The van der Waals surface area contributed by atoms with Gasteiger partial charge in [0.1, 0.15) is 17.5 Å². The zero-order valence-corrected chi connectivity index (χ0v) is 12.4. The Kier molecular flexibility index (Phi) is 5.98. The van der Waals surface area contributed by atoms with Crippen LogP contribution in [-0.2, 0) is 4.74 Å². The molecule has 0 aliphatic heterocycles. The fourth-order valence-electron chi connectivity index (χ4n) is 1.73. The first-order valence-electron chi connectivity index (χ1n) is 6.65. The Bertz CT molecular complexity index is 408. The van der Waals surface area contributed by atoms with Crippen molar-refractivity contribution in [2.45, 2.75) is 40.7 Å². The normalized spacial score (nSPS) is 12.6. The standard InChI is InChI=1S/C13H25N5O/c1-6-19-7-11(8(2)3)17-12-9(4)13(18-14)16-10(5)15-12/h8,11H,6-7,14H2,1-5H3,(H2,15,16,17,18). The number of nitrogens with one attached hydrogen (secondary N) is 2. The Labute approximate surface area is 115 Å². The highest BCUT2D eigenvalue weighted by molar-refractivity contribution is 5.57. The molecule has 6 heteroatoms. The maximum atomic E-state index is 5.51. The Morgan fingerprint density at radius 1 is 1.21 bits per heavy atom. The van der Waals surface area contributed by atoms with Crippen molar-refractivity contribution >= 4 is 11.6 Å². The summed E-state index contributed by atoms with van der Waals surface area (Å²) >= 11 is 0. The number of hydrogen-bond acceptors (Lipinski definition) is 6. The Balaban J connectivity index is 2.92.